The van der Waals surface area contributed by atoms with Crippen molar-refractivity contribution in [1.82, 2.24) is 0 Å². The number of nitrogens with zero attached hydrogens (tertiary/aromatic N) is 2. The molecular formula is C21H17ClN2O2S. The van der Waals surface area contributed by atoms with Crippen molar-refractivity contribution in [2.75, 3.05) is 7.11 Å². The molecule has 0 saturated heterocycles. The second-order valence-corrected chi connectivity index (χ2v) is 7.83. The molecule has 0 fully saturated rings. The highest BCUT2D eigenvalue weighted by atomic mass is 35.5. The third-order valence-electron chi connectivity index (χ3n) is 4.63. The summed E-state index contributed by atoms with van der Waals surface area (Å²) in [6.07, 6.45) is 6.02. The van der Waals surface area contributed by atoms with Crippen LogP contribution in [0, 0.1) is 11.3 Å². The lowest BCUT2D eigenvalue weighted by Gasteiger charge is -2.09. The maximum atomic E-state index is 9.53. The van der Waals surface area contributed by atoms with E-state index in [1.807, 2.05) is 18.2 Å². The summed E-state index contributed by atoms with van der Waals surface area (Å²) in [5.74, 6) is 1.96. The molecule has 0 N–H and O–H groups in total. The zero-order valence-electron chi connectivity index (χ0n) is 14.8. The summed E-state index contributed by atoms with van der Waals surface area (Å²) >= 11 is 7.72. The van der Waals surface area contributed by atoms with Gasteiger partial charge in [0.05, 0.1) is 24.5 Å². The number of ether oxygens (including phenoxy) is 1. The summed E-state index contributed by atoms with van der Waals surface area (Å²) < 4.78 is 11.3. The Morgan fingerprint density at radius 2 is 2.11 bits per heavy atom. The lowest BCUT2D eigenvalue weighted by molar-refractivity contribution is 0.414. The third kappa shape index (κ3) is 3.51. The zero-order chi connectivity index (χ0) is 18.8. The monoisotopic (exact) mass is 396 g/mol. The van der Waals surface area contributed by atoms with Crippen LogP contribution < -0.4 is 4.74 Å². The number of furan rings is 1. The van der Waals surface area contributed by atoms with E-state index in [1.165, 1.54) is 16.9 Å². The van der Waals surface area contributed by atoms with Crippen LogP contribution in [-0.4, -0.2) is 13.3 Å². The maximum absolute atomic E-state index is 9.53. The molecule has 2 heterocycles. The Hall–Kier alpha value is -2.55. The molecule has 0 unspecified atom stereocenters. The van der Waals surface area contributed by atoms with Crippen LogP contribution in [0.5, 0.6) is 5.75 Å². The molecule has 0 radical (unpaired) electrons. The molecule has 0 atom stereocenters. The van der Waals surface area contributed by atoms with E-state index in [-0.39, 0.29) is 0 Å². The smallest absolute Gasteiger partial charge is 0.145 e. The Morgan fingerprint density at radius 1 is 1.26 bits per heavy atom. The highest BCUT2D eigenvalue weighted by Crippen LogP contribution is 2.39. The second kappa shape index (κ2) is 7.59. The average molecular weight is 397 g/mol. The van der Waals surface area contributed by atoms with E-state index in [2.05, 4.69) is 11.1 Å². The maximum Gasteiger partial charge on any atom is 0.145 e. The molecule has 0 amide bonds. The van der Waals surface area contributed by atoms with Crippen molar-refractivity contribution >= 4 is 34.2 Å². The van der Waals surface area contributed by atoms with Crippen molar-refractivity contribution in [3.63, 3.8) is 0 Å². The topological polar surface area (TPSA) is 58.5 Å². The summed E-state index contributed by atoms with van der Waals surface area (Å²) in [5, 5.41) is 10.9. The molecule has 1 aliphatic rings. The van der Waals surface area contributed by atoms with Crippen molar-refractivity contribution in [3.05, 3.63) is 57.1 Å². The quantitative estimate of drug-likeness (QED) is 0.495. The fourth-order valence-corrected chi connectivity index (χ4v) is 4.68. The van der Waals surface area contributed by atoms with Gasteiger partial charge in [0.15, 0.2) is 0 Å². The summed E-state index contributed by atoms with van der Waals surface area (Å²) in [4.78, 5) is 5.84. The largest absolute Gasteiger partial charge is 0.496 e. The number of thiophene rings is 1. The molecule has 1 aliphatic carbocycles. The van der Waals surface area contributed by atoms with Gasteiger partial charge in [0.25, 0.3) is 0 Å². The van der Waals surface area contributed by atoms with Crippen LogP contribution in [0.1, 0.15) is 34.6 Å². The number of hydrogen-bond donors (Lipinski definition) is 0. The number of aryl methyl sites for hydroxylation is 1. The number of methoxy groups -OCH3 is 1. The number of halogens is 1. The van der Waals surface area contributed by atoms with E-state index in [0.29, 0.717) is 27.9 Å². The van der Waals surface area contributed by atoms with Crippen molar-refractivity contribution in [1.29, 1.82) is 5.26 Å². The molecule has 0 saturated carbocycles. The van der Waals surface area contributed by atoms with Crippen LogP contribution in [0.2, 0.25) is 5.02 Å². The molecular weight excluding hydrogens is 380 g/mol. The molecule has 0 bridgehead atoms. The SMILES string of the molecule is COc1ccc(Cl)cc1-c1ccc(/C=N/c2sc3c(c2C#N)CCCC3)o1. The van der Waals surface area contributed by atoms with Gasteiger partial charge in [0.2, 0.25) is 0 Å². The van der Waals surface area contributed by atoms with Crippen LogP contribution in [-0.2, 0) is 12.8 Å². The molecule has 0 aliphatic heterocycles. The number of fused-ring (bicyclic) bond motifs is 1. The highest BCUT2D eigenvalue weighted by molar-refractivity contribution is 7.16. The van der Waals surface area contributed by atoms with Gasteiger partial charge < -0.3 is 9.15 Å². The average Bonchev–Trinajstić information content (AvgIpc) is 3.30. The molecule has 1 aromatic carbocycles. The highest BCUT2D eigenvalue weighted by Gasteiger charge is 2.20. The van der Waals surface area contributed by atoms with Crippen molar-refractivity contribution in [3.8, 4) is 23.1 Å². The third-order valence-corrected chi connectivity index (χ3v) is 6.06. The first-order valence-electron chi connectivity index (χ1n) is 8.72. The Balaban J connectivity index is 1.63. The predicted molar refractivity (Wildman–Crippen MR) is 109 cm³/mol. The van der Waals surface area contributed by atoms with Crippen molar-refractivity contribution in [2.45, 2.75) is 25.7 Å². The van der Waals surface area contributed by atoms with Gasteiger partial charge in [-0.2, -0.15) is 5.26 Å². The standard InChI is InChI=1S/C21H17ClN2O2S/c1-25-18-8-6-13(22)10-16(18)19-9-7-14(26-19)12-24-21-17(11-23)15-4-2-3-5-20(15)27-21/h6-10,12H,2-5H2,1H3/b24-12+. The van der Waals surface area contributed by atoms with Crippen LogP contribution >= 0.6 is 22.9 Å². The minimum Gasteiger partial charge on any atom is -0.496 e. The fraction of sp³-hybridized carbons (Fsp3) is 0.238. The minimum absolute atomic E-state index is 0.611. The van der Waals surface area contributed by atoms with Crippen LogP contribution in [0.4, 0.5) is 5.00 Å². The number of rotatable bonds is 4. The van der Waals surface area contributed by atoms with Gasteiger partial charge in [0, 0.05) is 9.90 Å². The summed E-state index contributed by atoms with van der Waals surface area (Å²) in [6.45, 7) is 0. The molecule has 4 nitrogen and oxygen atoms in total. The predicted octanol–water partition coefficient (Wildman–Crippen LogP) is 6.17. The molecule has 4 rings (SSSR count). The van der Waals surface area contributed by atoms with Gasteiger partial charge in [-0.05, 0) is 61.6 Å². The summed E-state index contributed by atoms with van der Waals surface area (Å²) in [7, 11) is 1.61. The molecule has 136 valence electrons. The van der Waals surface area contributed by atoms with Crippen LogP contribution in [0.15, 0.2) is 39.7 Å². The number of aliphatic imine (C=N–C) groups is 1. The number of benzene rings is 1. The molecule has 27 heavy (non-hydrogen) atoms. The Labute approximate surface area is 166 Å². The zero-order valence-corrected chi connectivity index (χ0v) is 16.4. The Morgan fingerprint density at radius 3 is 2.93 bits per heavy atom. The molecule has 2 aromatic heterocycles. The first-order chi connectivity index (χ1) is 13.2. The molecule has 6 heteroatoms. The number of hydrogen-bond acceptors (Lipinski definition) is 5. The van der Waals surface area contributed by atoms with E-state index in [4.69, 9.17) is 20.8 Å². The fourth-order valence-electron chi connectivity index (χ4n) is 3.32. The first kappa shape index (κ1) is 17.8. The summed E-state index contributed by atoms with van der Waals surface area (Å²) in [6, 6.07) is 11.4. The normalized spacial score (nSPS) is 13.5. The number of nitriles is 1. The summed E-state index contributed by atoms with van der Waals surface area (Å²) in [5.41, 5.74) is 2.69. The van der Waals surface area contributed by atoms with E-state index >= 15 is 0 Å². The Kier molecular flexibility index (Phi) is 5.02. The Bertz CT molecular complexity index is 1060. The van der Waals surface area contributed by atoms with Gasteiger partial charge in [-0.15, -0.1) is 11.3 Å². The first-order valence-corrected chi connectivity index (χ1v) is 9.91. The second-order valence-electron chi connectivity index (χ2n) is 6.31. The van der Waals surface area contributed by atoms with Gasteiger partial charge in [-0.3, -0.25) is 0 Å². The van der Waals surface area contributed by atoms with Gasteiger partial charge in [-0.1, -0.05) is 11.6 Å². The molecule has 0 spiro atoms. The molecule has 3 aromatic rings. The minimum atomic E-state index is 0.611. The van der Waals surface area contributed by atoms with Crippen LogP contribution in [0.25, 0.3) is 11.3 Å². The van der Waals surface area contributed by atoms with Gasteiger partial charge in [0.1, 0.15) is 28.3 Å². The van der Waals surface area contributed by atoms with E-state index < -0.39 is 0 Å². The van der Waals surface area contributed by atoms with Crippen LogP contribution in [0.3, 0.4) is 0 Å². The lowest BCUT2D eigenvalue weighted by atomic mass is 9.96. The van der Waals surface area contributed by atoms with Crippen molar-refractivity contribution in [2.24, 2.45) is 4.99 Å². The van der Waals surface area contributed by atoms with Crippen molar-refractivity contribution < 1.29 is 9.15 Å². The lowest BCUT2D eigenvalue weighted by Crippen LogP contribution is -1.99. The van der Waals surface area contributed by atoms with E-state index in [0.717, 1.165) is 29.8 Å². The van der Waals surface area contributed by atoms with Gasteiger partial charge >= 0.3 is 0 Å². The van der Waals surface area contributed by atoms with Gasteiger partial charge in [-0.25, -0.2) is 4.99 Å². The van der Waals surface area contributed by atoms with E-state index in [9.17, 15) is 5.26 Å². The van der Waals surface area contributed by atoms with E-state index in [1.54, 1.807) is 36.8 Å².